The Morgan fingerprint density at radius 2 is 1.84 bits per heavy atom. The molecule has 0 saturated carbocycles. The molecule has 5 rings (SSSR count). The van der Waals surface area contributed by atoms with Gasteiger partial charge in [0, 0.05) is 30.1 Å². The van der Waals surface area contributed by atoms with E-state index in [1.54, 1.807) is 19.2 Å². The number of nitrogens with one attached hydrogen (secondary N) is 1. The van der Waals surface area contributed by atoms with E-state index in [1.165, 1.54) is 19.4 Å². The highest BCUT2D eigenvalue weighted by atomic mass is 35.5. The first-order chi connectivity index (χ1) is 18.5. The summed E-state index contributed by atoms with van der Waals surface area (Å²) >= 11 is 6.60. The molecular weight excluding hydrogens is 510 g/mol. The SMILES string of the molecule is COCCOc1cc(N=CC2C(=O)Nc3cc(Cl)c(-c4ccc(-c5cccc(OC)c5O)cc4)cc32)on1. The van der Waals surface area contributed by atoms with E-state index in [9.17, 15) is 9.90 Å². The van der Waals surface area contributed by atoms with E-state index in [2.05, 4.69) is 15.5 Å². The minimum absolute atomic E-state index is 0.0745. The van der Waals surface area contributed by atoms with Crippen LogP contribution in [0.25, 0.3) is 22.3 Å². The predicted molar refractivity (Wildman–Crippen MR) is 144 cm³/mol. The van der Waals surface area contributed by atoms with Gasteiger partial charge in [-0.2, -0.15) is 0 Å². The van der Waals surface area contributed by atoms with E-state index in [-0.39, 0.29) is 23.4 Å². The second kappa shape index (κ2) is 11.0. The van der Waals surface area contributed by atoms with E-state index in [4.69, 9.17) is 30.3 Å². The van der Waals surface area contributed by atoms with E-state index in [0.717, 1.165) is 22.3 Å². The van der Waals surface area contributed by atoms with Gasteiger partial charge in [0.2, 0.25) is 5.91 Å². The Balaban J connectivity index is 1.39. The number of rotatable bonds is 9. The number of hydrogen-bond acceptors (Lipinski definition) is 8. The summed E-state index contributed by atoms with van der Waals surface area (Å²) in [6.07, 6.45) is 1.51. The van der Waals surface area contributed by atoms with Crippen molar-refractivity contribution in [1.29, 1.82) is 0 Å². The van der Waals surface area contributed by atoms with Crippen molar-refractivity contribution in [2.45, 2.75) is 5.92 Å². The molecule has 194 valence electrons. The molecule has 0 saturated heterocycles. The van der Waals surface area contributed by atoms with Gasteiger partial charge in [0.15, 0.2) is 11.5 Å². The average Bonchev–Trinajstić information content (AvgIpc) is 3.50. The van der Waals surface area contributed by atoms with Crippen molar-refractivity contribution in [2.75, 3.05) is 32.8 Å². The van der Waals surface area contributed by atoms with Crippen molar-refractivity contribution in [3.63, 3.8) is 0 Å². The van der Waals surface area contributed by atoms with Gasteiger partial charge < -0.3 is 29.2 Å². The average molecular weight is 534 g/mol. The molecular formula is C28H24ClN3O6. The van der Waals surface area contributed by atoms with Gasteiger partial charge in [0.1, 0.15) is 12.5 Å². The third kappa shape index (κ3) is 5.06. The molecule has 9 nitrogen and oxygen atoms in total. The number of aromatic hydroxyl groups is 1. The first-order valence-electron chi connectivity index (χ1n) is 11.7. The predicted octanol–water partition coefficient (Wildman–Crippen LogP) is 5.84. The van der Waals surface area contributed by atoms with Crippen molar-refractivity contribution >= 4 is 35.3 Å². The molecule has 10 heteroatoms. The molecule has 3 aromatic carbocycles. The van der Waals surface area contributed by atoms with Crippen LogP contribution in [-0.4, -0.2) is 49.8 Å². The minimum atomic E-state index is -0.642. The zero-order chi connectivity index (χ0) is 26.6. The number of benzene rings is 3. The van der Waals surface area contributed by atoms with Crippen LogP contribution < -0.4 is 14.8 Å². The van der Waals surface area contributed by atoms with E-state index in [0.29, 0.717) is 35.2 Å². The lowest BCUT2D eigenvalue weighted by Crippen LogP contribution is -2.12. The standard InChI is InChI=1S/C28H24ClN3O6/c1-35-10-11-37-26-14-25(38-32-26)30-15-21-20-12-19(22(29)13-23(20)31-28(21)34)17-8-6-16(7-9-17)18-4-3-5-24(36-2)27(18)33/h3-9,12-15,21,33H,10-11H2,1-2H3,(H,31,34). The van der Waals surface area contributed by atoms with Gasteiger partial charge in [0.25, 0.3) is 11.8 Å². The Labute approximate surface area is 223 Å². The lowest BCUT2D eigenvalue weighted by atomic mass is 9.95. The second-order valence-corrected chi connectivity index (χ2v) is 8.85. The Morgan fingerprint density at radius 3 is 2.58 bits per heavy atom. The van der Waals surface area contributed by atoms with Crippen LogP contribution in [0.15, 0.2) is 70.2 Å². The van der Waals surface area contributed by atoms with Crippen LogP contribution in [0.2, 0.25) is 5.02 Å². The van der Waals surface area contributed by atoms with Crippen molar-refractivity contribution in [3.8, 4) is 39.6 Å². The number of nitrogens with zero attached hydrogens (tertiary/aromatic N) is 2. The largest absolute Gasteiger partial charge is 0.504 e. The summed E-state index contributed by atoms with van der Waals surface area (Å²) < 4.78 is 20.7. The van der Waals surface area contributed by atoms with Crippen molar-refractivity contribution < 1.29 is 28.6 Å². The highest BCUT2D eigenvalue weighted by molar-refractivity contribution is 6.34. The number of anilines is 1. The second-order valence-electron chi connectivity index (χ2n) is 8.44. The molecule has 2 N–H and O–H groups in total. The summed E-state index contributed by atoms with van der Waals surface area (Å²) in [7, 11) is 3.09. The Bertz CT molecular complexity index is 1500. The first-order valence-corrected chi connectivity index (χ1v) is 12.1. The van der Waals surface area contributed by atoms with Crippen LogP contribution >= 0.6 is 11.6 Å². The number of phenols is 1. The van der Waals surface area contributed by atoms with Gasteiger partial charge in [-0.15, -0.1) is 0 Å². The summed E-state index contributed by atoms with van der Waals surface area (Å²) in [4.78, 5) is 17.0. The third-order valence-electron chi connectivity index (χ3n) is 6.10. The molecule has 0 spiro atoms. The lowest BCUT2D eigenvalue weighted by Gasteiger charge is -2.12. The zero-order valence-electron chi connectivity index (χ0n) is 20.6. The van der Waals surface area contributed by atoms with Gasteiger partial charge >= 0.3 is 0 Å². The molecule has 1 aliphatic rings. The lowest BCUT2D eigenvalue weighted by molar-refractivity contribution is -0.115. The molecule has 1 aliphatic heterocycles. The molecule has 4 aromatic rings. The van der Waals surface area contributed by atoms with Gasteiger partial charge in [-0.3, -0.25) is 4.79 Å². The number of carbonyl (C=O) groups is 1. The van der Waals surface area contributed by atoms with Crippen LogP contribution in [-0.2, 0) is 9.53 Å². The molecule has 0 radical (unpaired) electrons. The van der Waals surface area contributed by atoms with Crippen LogP contribution in [0.3, 0.4) is 0 Å². The number of halogens is 1. The summed E-state index contributed by atoms with van der Waals surface area (Å²) in [6.45, 7) is 0.747. The third-order valence-corrected chi connectivity index (χ3v) is 6.42. The molecule has 0 aliphatic carbocycles. The maximum atomic E-state index is 12.7. The number of methoxy groups -OCH3 is 2. The number of fused-ring (bicyclic) bond motifs is 1. The van der Waals surface area contributed by atoms with Crippen LogP contribution in [0.1, 0.15) is 11.5 Å². The smallest absolute Gasteiger partial charge is 0.256 e. The summed E-state index contributed by atoms with van der Waals surface area (Å²) in [5.41, 5.74) is 4.45. The molecule has 38 heavy (non-hydrogen) atoms. The van der Waals surface area contributed by atoms with Crippen LogP contribution in [0.5, 0.6) is 17.4 Å². The normalized spacial score (nSPS) is 14.5. The molecule has 1 atom stereocenters. The molecule has 0 bridgehead atoms. The van der Waals surface area contributed by atoms with Crippen molar-refractivity contribution in [3.05, 3.63) is 71.2 Å². The highest BCUT2D eigenvalue weighted by Gasteiger charge is 2.30. The molecule has 1 amide bonds. The molecule has 1 unspecified atom stereocenters. The minimum Gasteiger partial charge on any atom is -0.504 e. The fourth-order valence-corrected chi connectivity index (χ4v) is 4.46. The fraction of sp³-hybridized carbons (Fsp3) is 0.179. The van der Waals surface area contributed by atoms with Gasteiger partial charge in [-0.05, 0) is 40.0 Å². The summed E-state index contributed by atoms with van der Waals surface area (Å²) in [5, 5.41) is 17.6. The number of para-hydroxylation sites is 1. The van der Waals surface area contributed by atoms with Crippen LogP contribution in [0, 0.1) is 0 Å². The fourth-order valence-electron chi connectivity index (χ4n) is 4.18. The van der Waals surface area contributed by atoms with Crippen LogP contribution in [0.4, 0.5) is 11.6 Å². The number of amides is 1. The van der Waals surface area contributed by atoms with E-state index in [1.807, 2.05) is 42.5 Å². The Hall–Kier alpha value is -4.34. The number of aliphatic imine (C=N–C) groups is 1. The maximum absolute atomic E-state index is 12.7. The number of ether oxygens (including phenoxy) is 3. The summed E-state index contributed by atoms with van der Waals surface area (Å²) in [6, 6.07) is 18.1. The van der Waals surface area contributed by atoms with Gasteiger partial charge in [-0.25, -0.2) is 4.99 Å². The summed E-state index contributed by atoms with van der Waals surface area (Å²) in [5.74, 6) is 0.104. The Morgan fingerprint density at radius 1 is 1.08 bits per heavy atom. The topological polar surface area (TPSA) is 115 Å². The molecule has 1 aromatic heterocycles. The van der Waals surface area contributed by atoms with Crippen molar-refractivity contribution in [1.82, 2.24) is 5.16 Å². The number of phenolic OH excluding ortho intramolecular Hbond substituents is 1. The number of hydrogen-bond donors (Lipinski definition) is 2. The number of aromatic nitrogens is 1. The van der Waals surface area contributed by atoms with E-state index < -0.39 is 5.92 Å². The van der Waals surface area contributed by atoms with Gasteiger partial charge in [0.05, 0.1) is 24.8 Å². The number of carbonyl (C=O) groups excluding carboxylic acids is 1. The Kier molecular flexibility index (Phi) is 7.30. The molecule has 2 heterocycles. The van der Waals surface area contributed by atoms with E-state index >= 15 is 0 Å². The molecule has 0 fully saturated rings. The maximum Gasteiger partial charge on any atom is 0.256 e. The zero-order valence-corrected chi connectivity index (χ0v) is 21.4. The quantitative estimate of drug-likeness (QED) is 0.205. The van der Waals surface area contributed by atoms with Gasteiger partial charge in [-0.1, -0.05) is 48.0 Å². The first kappa shape index (κ1) is 25.3. The highest BCUT2D eigenvalue weighted by Crippen LogP contribution is 2.41. The monoisotopic (exact) mass is 533 g/mol. The van der Waals surface area contributed by atoms with Crippen molar-refractivity contribution in [2.24, 2.45) is 4.99 Å².